The zero-order valence-electron chi connectivity index (χ0n) is 14.8. The van der Waals surface area contributed by atoms with Crippen LogP contribution in [0, 0.1) is 0 Å². The summed E-state index contributed by atoms with van der Waals surface area (Å²) in [5.74, 6) is 0. The van der Waals surface area contributed by atoms with E-state index in [0.29, 0.717) is 0 Å². The molecule has 2 aliphatic rings. The topological polar surface area (TPSA) is 48.1 Å². The van der Waals surface area contributed by atoms with Crippen LogP contribution in [0.5, 0.6) is 0 Å². The van der Waals surface area contributed by atoms with E-state index in [-0.39, 0.29) is 12.2 Å². The molecule has 0 bridgehead atoms. The van der Waals surface area contributed by atoms with E-state index in [1.165, 1.54) is 40.8 Å². The number of hydrogen-bond acceptors (Lipinski definition) is 4. The Balaban J connectivity index is 1.59. The molecule has 4 rings (SSSR count). The molecule has 1 atom stereocenters. The number of rotatable bonds is 4. The van der Waals surface area contributed by atoms with Crippen LogP contribution < -0.4 is 5.73 Å². The number of ether oxygens (including phenoxy) is 1. The number of nitrogens with two attached hydrogens (primary N) is 1. The predicted octanol–water partition coefficient (Wildman–Crippen LogP) is 4.72. The monoisotopic (exact) mass is 352 g/mol. The zero-order chi connectivity index (χ0) is 17.4. The molecule has 0 saturated carbocycles. The maximum Gasteiger partial charge on any atom is 0.123 e. The molecule has 0 saturated heterocycles. The van der Waals surface area contributed by atoms with Crippen molar-refractivity contribution in [3.05, 3.63) is 58.4 Å². The van der Waals surface area contributed by atoms with Crippen LogP contribution in [0.3, 0.4) is 0 Å². The minimum atomic E-state index is -0.0134. The zero-order valence-corrected chi connectivity index (χ0v) is 15.6. The van der Waals surface area contributed by atoms with Crippen LogP contribution in [0.2, 0.25) is 0 Å². The fourth-order valence-electron chi connectivity index (χ4n) is 3.70. The van der Waals surface area contributed by atoms with E-state index in [1.807, 2.05) is 26.1 Å². The second-order valence-electron chi connectivity index (χ2n) is 7.04. The molecule has 0 aliphatic heterocycles. The molecule has 2 aliphatic carbocycles. The van der Waals surface area contributed by atoms with Crippen LogP contribution >= 0.6 is 11.3 Å². The fourth-order valence-corrected chi connectivity index (χ4v) is 4.68. The molecule has 2 N–H and O–H groups in total. The van der Waals surface area contributed by atoms with Gasteiger partial charge in [0.1, 0.15) is 11.1 Å². The molecule has 1 aromatic heterocycles. The smallest absolute Gasteiger partial charge is 0.123 e. The summed E-state index contributed by atoms with van der Waals surface area (Å²) >= 11 is 1.76. The highest BCUT2D eigenvalue weighted by Crippen LogP contribution is 2.37. The summed E-state index contributed by atoms with van der Waals surface area (Å²) in [6.07, 6.45) is 10.9. The van der Waals surface area contributed by atoms with E-state index in [4.69, 9.17) is 10.5 Å². The Morgan fingerprint density at radius 3 is 2.96 bits per heavy atom. The lowest BCUT2D eigenvalue weighted by atomic mass is 10.0. The molecule has 3 nitrogen and oxygen atoms in total. The van der Waals surface area contributed by atoms with Crippen LogP contribution in [-0.2, 0) is 17.6 Å². The number of thiazole rings is 1. The van der Waals surface area contributed by atoms with Crippen molar-refractivity contribution in [2.75, 3.05) is 0 Å². The number of aryl methyl sites for hydroxylation is 1. The molecule has 130 valence electrons. The van der Waals surface area contributed by atoms with E-state index in [0.717, 1.165) is 22.7 Å². The van der Waals surface area contributed by atoms with E-state index in [2.05, 4.69) is 29.3 Å². The van der Waals surface area contributed by atoms with Crippen LogP contribution in [0.4, 0.5) is 0 Å². The first kappa shape index (κ1) is 16.6. The Labute approximate surface area is 153 Å². The van der Waals surface area contributed by atoms with Gasteiger partial charge in [-0.25, -0.2) is 4.98 Å². The Morgan fingerprint density at radius 2 is 2.16 bits per heavy atom. The van der Waals surface area contributed by atoms with Gasteiger partial charge in [0.15, 0.2) is 0 Å². The van der Waals surface area contributed by atoms with Crippen LogP contribution in [0.25, 0.3) is 16.0 Å². The van der Waals surface area contributed by atoms with Gasteiger partial charge < -0.3 is 10.5 Å². The van der Waals surface area contributed by atoms with Crippen LogP contribution in [0.15, 0.2) is 42.2 Å². The van der Waals surface area contributed by atoms with Crippen molar-refractivity contribution in [2.45, 2.75) is 51.7 Å². The highest BCUT2D eigenvalue weighted by atomic mass is 32.1. The highest BCUT2D eigenvalue weighted by Gasteiger charge is 2.21. The number of hydrogen-bond donors (Lipinski definition) is 1. The molecule has 4 heteroatoms. The lowest BCUT2D eigenvalue weighted by Gasteiger charge is -2.23. The molecular formula is C21H24N2OS. The summed E-state index contributed by atoms with van der Waals surface area (Å²) in [4.78, 5) is 5.92. The van der Waals surface area contributed by atoms with Crippen molar-refractivity contribution in [3.8, 4) is 10.4 Å². The van der Waals surface area contributed by atoms with Crippen LogP contribution in [0.1, 0.15) is 42.8 Å². The van der Waals surface area contributed by atoms with Gasteiger partial charge in [0, 0.05) is 17.5 Å². The number of nitrogens with zero attached hydrogens (tertiary/aromatic N) is 1. The molecule has 0 radical (unpaired) electrons. The van der Waals surface area contributed by atoms with Gasteiger partial charge in [0.2, 0.25) is 0 Å². The molecule has 1 aromatic carbocycles. The number of benzene rings is 1. The third-order valence-corrected chi connectivity index (χ3v) is 5.93. The largest absolute Gasteiger partial charge is 0.400 e. The summed E-state index contributed by atoms with van der Waals surface area (Å²) in [5, 5.41) is 1.04. The second kappa shape index (κ2) is 6.77. The summed E-state index contributed by atoms with van der Waals surface area (Å²) in [5.41, 5.74) is 12.5. The third-order valence-electron chi connectivity index (χ3n) is 4.85. The van der Waals surface area contributed by atoms with Gasteiger partial charge >= 0.3 is 0 Å². The number of allylic oxidation sites excluding steroid dienone is 2. The molecule has 1 heterocycles. The lowest BCUT2D eigenvalue weighted by molar-refractivity contribution is 0.0295. The number of fused-ring (bicyclic) bond motifs is 1. The molecular weight excluding hydrogens is 328 g/mol. The summed E-state index contributed by atoms with van der Waals surface area (Å²) < 4.78 is 5.86. The molecule has 1 unspecified atom stereocenters. The number of aromatic nitrogens is 1. The van der Waals surface area contributed by atoms with Gasteiger partial charge in [0.05, 0.1) is 11.0 Å². The average Bonchev–Trinajstić information content (AvgIpc) is 3.24. The highest BCUT2D eigenvalue weighted by molar-refractivity contribution is 7.16. The molecule has 2 aromatic rings. The van der Waals surface area contributed by atoms with Crippen molar-refractivity contribution < 1.29 is 4.74 Å². The molecule has 25 heavy (non-hydrogen) atoms. The van der Waals surface area contributed by atoms with Crippen molar-refractivity contribution in [1.29, 1.82) is 0 Å². The van der Waals surface area contributed by atoms with Crippen molar-refractivity contribution >= 4 is 16.9 Å². The van der Waals surface area contributed by atoms with Crippen molar-refractivity contribution in [3.63, 3.8) is 0 Å². The minimum absolute atomic E-state index is 0.0134. The van der Waals surface area contributed by atoms with E-state index in [1.54, 1.807) is 11.3 Å². The maximum absolute atomic E-state index is 6.22. The standard InChI is InChI=1S/C21H24N2OS/c1-13(2)24-19-10-9-15(11-18(19)22)21-23-12-20(25-21)17-8-4-6-14-5-3-7-16(14)17/h4,6,8-9,11-13,19H,3,5,7,10,22H2,1-2H3. The van der Waals surface area contributed by atoms with Gasteiger partial charge in [-0.2, -0.15) is 0 Å². The van der Waals surface area contributed by atoms with Crippen molar-refractivity contribution in [1.82, 2.24) is 4.98 Å². The average molecular weight is 353 g/mol. The van der Waals surface area contributed by atoms with Gasteiger partial charge in [-0.05, 0) is 62.3 Å². The van der Waals surface area contributed by atoms with Gasteiger partial charge in [0.25, 0.3) is 0 Å². The van der Waals surface area contributed by atoms with Gasteiger partial charge in [-0.15, -0.1) is 11.3 Å². The molecule has 0 spiro atoms. The van der Waals surface area contributed by atoms with Crippen molar-refractivity contribution in [2.24, 2.45) is 5.73 Å². The lowest BCUT2D eigenvalue weighted by Crippen LogP contribution is -2.26. The van der Waals surface area contributed by atoms with E-state index < -0.39 is 0 Å². The summed E-state index contributed by atoms with van der Waals surface area (Å²) in [6, 6.07) is 6.66. The fraction of sp³-hybridized carbons (Fsp3) is 0.381. The first-order chi connectivity index (χ1) is 12.1. The third kappa shape index (κ3) is 3.29. The maximum atomic E-state index is 6.22. The first-order valence-electron chi connectivity index (χ1n) is 9.02. The summed E-state index contributed by atoms with van der Waals surface area (Å²) in [7, 11) is 0. The Hall–Kier alpha value is -1.91. The quantitative estimate of drug-likeness (QED) is 0.866. The Bertz CT molecular complexity index is 847. The second-order valence-corrected chi connectivity index (χ2v) is 8.07. The predicted molar refractivity (Wildman–Crippen MR) is 104 cm³/mol. The van der Waals surface area contributed by atoms with Gasteiger partial charge in [-0.3, -0.25) is 0 Å². The Kier molecular flexibility index (Phi) is 4.48. The van der Waals surface area contributed by atoms with Crippen LogP contribution in [-0.4, -0.2) is 17.2 Å². The molecule has 0 amide bonds. The summed E-state index contributed by atoms with van der Waals surface area (Å²) in [6.45, 7) is 4.08. The van der Waals surface area contributed by atoms with E-state index in [9.17, 15) is 0 Å². The normalized spacial score (nSPS) is 19.7. The minimum Gasteiger partial charge on any atom is -0.400 e. The SMILES string of the molecule is CC(C)OC1CC=C(c2ncc(-c3cccc4c3CCC4)s2)C=C1N. The first-order valence-corrected chi connectivity index (χ1v) is 9.83. The van der Waals surface area contributed by atoms with E-state index >= 15 is 0 Å². The molecule has 0 fully saturated rings. The Morgan fingerprint density at radius 1 is 1.28 bits per heavy atom. The van der Waals surface area contributed by atoms with Gasteiger partial charge in [-0.1, -0.05) is 24.3 Å².